The Balaban J connectivity index is 2.05. The van der Waals surface area contributed by atoms with Crippen molar-refractivity contribution in [1.29, 1.82) is 5.26 Å². The zero-order valence-electron chi connectivity index (χ0n) is 15.9. The van der Waals surface area contributed by atoms with Gasteiger partial charge in [0.25, 0.3) is 0 Å². The van der Waals surface area contributed by atoms with Crippen molar-refractivity contribution in [3.8, 4) is 11.8 Å². The van der Waals surface area contributed by atoms with Gasteiger partial charge in [-0.15, -0.1) is 0 Å². The van der Waals surface area contributed by atoms with Gasteiger partial charge >= 0.3 is 0 Å². The zero-order valence-corrected chi connectivity index (χ0v) is 15.9. The van der Waals surface area contributed by atoms with Crippen molar-refractivity contribution in [2.24, 2.45) is 0 Å². The molecule has 4 nitrogen and oxygen atoms in total. The molecule has 3 aromatic rings. The van der Waals surface area contributed by atoms with E-state index in [-0.39, 0.29) is 11.4 Å². The molecule has 2 aromatic heterocycles. The number of nitrogens with zero attached hydrogens (tertiary/aromatic N) is 3. The SMILES string of the molecule is Cc1ccc(-n2c(C)cc(C(=O)/C(C#N)=C/c3ccncc3)c2C)cc1C. The normalized spacial score (nSPS) is 11.3. The number of nitriles is 1. The highest BCUT2D eigenvalue weighted by atomic mass is 16.1. The first kappa shape index (κ1) is 18.3. The molecule has 27 heavy (non-hydrogen) atoms. The molecule has 1 aromatic carbocycles. The Morgan fingerprint density at radius 1 is 1.04 bits per heavy atom. The van der Waals surface area contributed by atoms with Crippen LogP contribution in [-0.4, -0.2) is 15.3 Å². The average molecular weight is 355 g/mol. The molecule has 0 fully saturated rings. The Morgan fingerprint density at radius 2 is 1.74 bits per heavy atom. The molecule has 4 heteroatoms. The smallest absolute Gasteiger partial charge is 0.205 e. The molecule has 0 radical (unpaired) electrons. The fourth-order valence-corrected chi connectivity index (χ4v) is 3.17. The van der Waals surface area contributed by atoms with Gasteiger partial charge in [0.15, 0.2) is 0 Å². The monoisotopic (exact) mass is 355 g/mol. The van der Waals surface area contributed by atoms with E-state index in [9.17, 15) is 10.1 Å². The molecule has 0 saturated carbocycles. The van der Waals surface area contributed by atoms with Crippen LogP contribution in [0.25, 0.3) is 11.8 Å². The Morgan fingerprint density at radius 3 is 2.37 bits per heavy atom. The van der Waals surface area contributed by atoms with Gasteiger partial charge < -0.3 is 4.57 Å². The molecule has 0 N–H and O–H groups in total. The van der Waals surface area contributed by atoms with Gasteiger partial charge in [0.2, 0.25) is 5.78 Å². The summed E-state index contributed by atoms with van der Waals surface area (Å²) in [7, 11) is 0. The maximum Gasteiger partial charge on any atom is 0.205 e. The van der Waals surface area contributed by atoms with Crippen LogP contribution in [0.2, 0.25) is 0 Å². The van der Waals surface area contributed by atoms with Gasteiger partial charge in [-0.1, -0.05) is 6.07 Å². The van der Waals surface area contributed by atoms with E-state index in [0.717, 1.165) is 22.6 Å². The number of hydrogen-bond donors (Lipinski definition) is 0. The minimum Gasteiger partial charge on any atom is -0.318 e. The summed E-state index contributed by atoms with van der Waals surface area (Å²) in [5, 5.41) is 9.51. The molecule has 0 amide bonds. The number of carbonyl (C=O) groups is 1. The van der Waals surface area contributed by atoms with Crippen molar-refractivity contribution in [3.05, 3.63) is 88.0 Å². The summed E-state index contributed by atoms with van der Waals surface area (Å²) in [4.78, 5) is 17.0. The van der Waals surface area contributed by atoms with Crippen molar-refractivity contribution in [1.82, 2.24) is 9.55 Å². The van der Waals surface area contributed by atoms with Crippen molar-refractivity contribution < 1.29 is 4.79 Å². The number of hydrogen-bond acceptors (Lipinski definition) is 3. The molecule has 0 aliphatic carbocycles. The molecule has 0 unspecified atom stereocenters. The Hall–Kier alpha value is -3.45. The third-order valence-corrected chi connectivity index (χ3v) is 4.81. The van der Waals surface area contributed by atoms with Crippen LogP contribution in [0.5, 0.6) is 0 Å². The predicted octanol–water partition coefficient (Wildman–Crippen LogP) is 4.90. The van der Waals surface area contributed by atoms with Crippen molar-refractivity contribution in [2.75, 3.05) is 0 Å². The highest BCUT2D eigenvalue weighted by molar-refractivity contribution is 6.14. The lowest BCUT2D eigenvalue weighted by Gasteiger charge is -2.12. The molecule has 3 rings (SSSR count). The van der Waals surface area contributed by atoms with Gasteiger partial charge in [-0.3, -0.25) is 9.78 Å². The minimum absolute atomic E-state index is 0.113. The number of benzene rings is 1. The molecule has 0 atom stereocenters. The second kappa shape index (κ2) is 7.43. The molecule has 2 heterocycles. The Labute approximate surface area is 159 Å². The van der Waals surface area contributed by atoms with Crippen molar-refractivity contribution in [2.45, 2.75) is 27.7 Å². The summed E-state index contributed by atoms with van der Waals surface area (Å²) in [6.07, 6.45) is 4.87. The summed E-state index contributed by atoms with van der Waals surface area (Å²) >= 11 is 0. The van der Waals surface area contributed by atoms with E-state index in [0.29, 0.717) is 5.56 Å². The topological polar surface area (TPSA) is 58.7 Å². The quantitative estimate of drug-likeness (QED) is 0.380. The van der Waals surface area contributed by atoms with Crippen LogP contribution < -0.4 is 0 Å². The van der Waals surface area contributed by atoms with Crippen LogP contribution in [0.3, 0.4) is 0 Å². The number of aryl methyl sites for hydroxylation is 3. The summed E-state index contributed by atoms with van der Waals surface area (Å²) < 4.78 is 2.06. The Kier molecular flexibility index (Phi) is 5.05. The molecular weight excluding hydrogens is 334 g/mol. The Bertz CT molecular complexity index is 1080. The lowest BCUT2D eigenvalue weighted by Crippen LogP contribution is -2.05. The number of carbonyl (C=O) groups excluding carboxylic acids is 1. The van der Waals surface area contributed by atoms with Crippen LogP contribution in [0, 0.1) is 39.0 Å². The molecule has 134 valence electrons. The number of rotatable bonds is 4. The zero-order chi connectivity index (χ0) is 19.6. The molecule has 0 aliphatic rings. The third kappa shape index (κ3) is 3.58. The number of pyridine rings is 1. The predicted molar refractivity (Wildman–Crippen MR) is 107 cm³/mol. The van der Waals surface area contributed by atoms with Gasteiger partial charge in [-0.05, 0) is 80.8 Å². The van der Waals surface area contributed by atoms with E-state index in [1.807, 2.05) is 26.0 Å². The van der Waals surface area contributed by atoms with E-state index in [1.165, 1.54) is 11.1 Å². The second-order valence-electron chi connectivity index (χ2n) is 6.67. The first-order chi connectivity index (χ1) is 12.9. The van der Waals surface area contributed by atoms with Crippen LogP contribution >= 0.6 is 0 Å². The fraction of sp³-hybridized carbons (Fsp3) is 0.174. The van der Waals surface area contributed by atoms with Crippen LogP contribution in [-0.2, 0) is 0 Å². The van der Waals surface area contributed by atoms with Crippen molar-refractivity contribution >= 4 is 11.9 Å². The molecular formula is C23H21N3O. The maximum absolute atomic E-state index is 13.0. The lowest BCUT2D eigenvalue weighted by atomic mass is 10.0. The van der Waals surface area contributed by atoms with E-state index in [4.69, 9.17) is 0 Å². The molecule has 0 aliphatic heterocycles. The first-order valence-electron chi connectivity index (χ1n) is 8.75. The average Bonchev–Trinajstić information content (AvgIpc) is 2.96. The number of ketones is 1. The number of aromatic nitrogens is 2. The van der Waals surface area contributed by atoms with Gasteiger partial charge in [0.05, 0.1) is 0 Å². The maximum atomic E-state index is 13.0. The van der Waals surface area contributed by atoms with E-state index < -0.39 is 0 Å². The van der Waals surface area contributed by atoms with Crippen LogP contribution in [0.15, 0.2) is 54.4 Å². The molecule has 0 saturated heterocycles. The van der Waals surface area contributed by atoms with Gasteiger partial charge in [0.1, 0.15) is 11.6 Å². The third-order valence-electron chi connectivity index (χ3n) is 4.81. The fourth-order valence-electron chi connectivity index (χ4n) is 3.17. The molecule has 0 spiro atoms. The first-order valence-corrected chi connectivity index (χ1v) is 8.75. The second-order valence-corrected chi connectivity index (χ2v) is 6.67. The van der Waals surface area contributed by atoms with Crippen molar-refractivity contribution in [3.63, 3.8) is 0 Å². The summed E-state index contributed by atoms with van der Waals surface area (Å²) in [6.45, 7) is 8.03. The number of allylic oxidation sites excluding steroid dienone is 1. The van der Waals surface area contributed by atoms with Crippen LogP contribution in [0.4, 0.5) is 0 Å². The van der Waals surface area contributed by atoms with Gasteiger partial charge in [-0.2, -0.15) is 5.26 Å². The highest BCUT2D eigenvalue weighted by Gasteiger charge is 2.20. The van der Waals surface area contributed by atoms with Crippen LogP contribution in [0.1, 0.15) is 38.4 Å². The summed E-state index contributed by atoms with van der Waals surface area (Å²) in [5.41, 5.74) is 6.67. The van der Waals surface area contributed by atoms with E-state index >= 15 is 0 Å². The number of Topliss-reactive ketones (excluding diaryl/α,β-unsaturated/α-hetero) is 1. The lowest BCUT2D eigenvalue weighted by molar-refractivity contribution is 0.103. The highest BCUT2D eigenvalue weighted by Crippen LogP contribution is 2.25. The molecule has 0 bridgehead atoms. The largest absolute Gasteiger partial charge is 0.318 e. The minimum atomic E-state index is -0.266. The van der Waals surface area contributed by atoms with Gasteiger partial charge in [0, 0.05) is 35.0 Å². The standard InChI is InChI=1S/C23H21N3O/c1-15-5-6-21(11-16(15)2)26-17(3)12-22(18(26)4)23(27)20(14-24)13-19-7-9-25-10-8-19/h5-13H,1-4H3/b20-13+. The van der Waals surface area contributed by atoms with E-state index in [1.54, 1.807) is 30.6 Å². The van der Waals surface area contributed by atoms with E-state index in [2.05, 4.69) is 41.6 Å². The van der Waals surface area contributed by atoms with Gasteiger partial charge in [-0.25, -0.2) is 0 Å². The summed E-state index contributed by atoms with van der Waals surface area (Å²) in [6, 6.07) is 13.7. The summed E-state index contributed by atoms with van der Waals surface area (Å²) in [5.74, 6) is -0.266.